The Bertz CT molecular complexity index is 584. The fourth-order valence-electron chi connectivity index (χ4n) is 2.60. The Hall–Kier alpha value is -1.81. The summed E-state index contributed by atoms with van der Waals surface area (Å²) in [5.74, 6) is 1.71. The van der Waals surface area contributed by atoms with E-state index in [0.717, 1.165) is 49.1 Å². The number of nitrogens with zero attached hydrogens (tertiary/aromatic N) is 2. The zero-order valence-electron chi connectivity index (χ0n) is 11.4. The molecular formula is C15H19N3O. The first-order valence-electron chi connectivity index (χ1n) is 6.65. The molecule has 1 aromatic carbocycles. The number of aromatic nitrogens is 1. The number of hydrogen-bond acceptors (Lipinski definition) is 4. The molecule has 2 N–H and O–H groups in total. The zero-order chi connectivity index (χ0) is 13.4. The van der Waals surface area contributed by atoms with Crippen LogP contribution in [0.25, 0.3) is 0 Å². The van der Waals surface area contributed by atoms with Gasteiger partial charge in [-0.3, -0.25) is 4.90 Å². The second-order valence-corrected chi connectivity index (χ2v) is 5.19. The van der Waals surface area contributed by atoms with E-state index in [9.17, 15) is 0 Å². The number of rotatable bonds is 2. The Balaban J connectivity index is 1.77. The normalized spacial score (nSPS) is 15.5. The van der Waals surface area contributed by atoms with Crippen LogP contribution in [0.5, 0.6) is 0 Å². The minimum Gasteiger partial charge on any atom is -0.444 e. The quantitative estimate of drug-likeness (QED) is 0.839. The van der Waals surface area contributed by atoms with Gasteiger partial charge in [0, 0.05) is 18.8 Å². The van der Waals surface area contributed by atoms with Crippen molar-refractivity contribution in [1.82, 2.24) is 9.88 Å². The van der Waals surface area contributed by atoms with Crippen LogP contribution in [0.3, 0.4) is 0 Å². The van der Waals surface area contributed by atoms with Crippen molar-refractivity contribution in [1.29, 1.82) is 0 Å². The molecule has 4 nitrogen and oxygen atoms in total. The monoisotopic (exact) mass is 257 g/mol. The SMILES string of the molecule is Cc1nc(CN2CCc3cccc(N)c3C2)oc1C. The third-order valence-electron chi connectivity index (χ3n) is 3.82. The molecule has 0 saturated carbocycles. The van der Waals surface area contributed by atoms with Gasteiger partial charge in [0.2, 0.25) is 5.89 Å². The second kappa shape index (κ2) is 4.70. The molecule has 1 aliphatic heterocycles. The number of oxazole rings is 1. The van der Waals surface area contributed by atoms with Crippen molar-refractivity contribution < 1.29 is 4.42 Å². The number of aryl methyl sites for hydroxylation is 2. The van der Waals surface area contributed by atoms with Crippen LogP contribution < -0.4 is 5.73 Å². The maximum absolute atomic E-state index is 6.06. The van der Waals surface area contributed by atoms with Crippen molar-refractivity contribution in [3.8, 4) is 0 Å². The second-order valence-electron chi connectivity index (χ2n) is 5.19. The molecule has 0 atom stereocenters. The standard InChI is InChI=1S/C15H19N3O/c1-10-11(2)19-15(17-10)9-18-7-6-12-4-3-5-14(16)13(12)8-18/h3-5H,6-9,16H2,1-2H3. The molecule has 2 aromatic rings. The van der Waals surface area contributed by atoms with Crippen molar-refractivity contribution in [2.45, 2.75) is 33.4 Å². The number of fused-ring (bicyclic) bond motifs is 1. The van der Waals surface area contributed by atoms with Gasteiger partial charge in [0.05, 0.1) is 12.2 Å². The van der Waals surface area contributed by atoms with E-state index in [-0.39, 0.29) is 0 Å². The smallest absolute Gasteiger partial charge is 0.208 e. The van der Waals surface area contributed by atoms with Gasteiger partial charge in [-0.1, -0.05) is 12.1 Å². The van der Waals surface area contributed by atoms with Crippen molar-refractivity contribution >= 4 is 5.69 Å². The predicted molar refractivity (Wildman–Crippen MR) is 74.6 cm³/mol. The Morgan fingerprint density at radius 3 is 2.95 bits per heavy atom. The van der Waals surface area contributed by atoms with E-state index in [0.29, 0.717) is 0 Å². The van der Waals surface area contributed by atoms with Gasteiger partial charge in [-0.25, -0.2) is 4.98 Å². The van der Waals surface area contributed by atoms with E-state index in [1.807, 2.05) is 26.0 Å². The molecule has 0 saturated heterocycles. The largest absolute Gasteiger partial charge is 0.444 e. The lowest BCUT2D eigenvalue weighted by Crippen LogP contribution is -2.30. The first kappa shape index (κ1) is 12.2. The number of hydrogen-bond donors (Lipinski definition) is 1. The van der Waals surface area contributed by atoms with Crippen LogP contribution in [0, 0.1) is 13.8 Å². The highest BCUT2D eigenvalue weighted by Gasteiger charge is 2.19. The van der Waals surface area contributed by atoms with E-state index in [4.69, 9.17) is 10.2 Å². The number of nitrogen functional groups attached to an aromatic ring is 1. The maximum Gasteiger partial charge on any atom is 0.208 e. The third-order valence-corrected chi connectivity index (χ3v) is 3.82. The molecule has 0 spiro atoms. The van der Waals surface area contributed by atoms with Gasteiger partial charge in [0.15, 0.2) is 0 Å². The summed E-state index contributed by atoms with van der Waals surface area (Å²) in [5, 5.41) is 0. The van der Waals surface area contributed by atoms with Gasteiger partial charge >= 0.3 is 0 Å². The van der Waals surface area contributed by atoms with Gasteiger partial charge in [0.25, 0.3) is 0 Å². The van der Waals surface area contributed by atoms with Crippen LogP contribution in [0.4, 0.5) is 5.69 Å². The molecule has 3 rings (SSSR count). The van der Waals surface area contributed by atoms with Crippen molar-refractivity contribution in [3.63, 3.8) is 0 Å². The molecule has 1 aliphatic rings. The van der Waals surface area contributed by atoms with Crippen molar-refractivity contribution in [2.75, 3.05) is 12.3 Å². The van der Waals surface area contributed by atoms with E-state index in [1.54, 1.807) is 0 Å². The van der Waals surface area contributed by atoms with Gasteiger partial charge in [-0.05, 0) is 37.5 Å². The minimum atomic E-state index is 0.752. The van der Waals surface area contributed by atoms with Crippen LogP contribution in [0.15, 0.2) is 22.6 Å². The van der Waals surface area contributed by atoms with Gasteiger partial charge in [-0.2, -0.15) is 0 Å². The summed E-state index contributed by atoms with van der Waals surface area (Å²) in [7, 11) is 0. The molecule has 4 heteroatoms. The first-order valence-corrected chi connectivity index (χ1v) is 6.65. The lowest BCUT2D eigenvalue weighted by molar-refractivity contribution is 0.220. The fraction of sp³-hybridized carbons (Fsp3) is 0.400. The lowest BCUT2D eigenvalue weighted by Gasteiger charge is -2.28. The fourth-order valence-corrected chi connectivity index (χ4v) is 2.60. The van der Waals surface area contributed by atoms with Gasteiger partial charge < -0.3 is 10.2 Å². The van der Waals surface area contributed by atoms with Crippen LogP contribution >= 0.6 is 0 Å². The Kier molecular flexibility index (Phi) is 3.03. The molecule has 0 bridgehead atoms. The summed E-state index contributed by atoms with van der Waals surface area (Å²) in [5.41, 5.74) is 10.6. The predicted octanol–water partition coefficient (Wildman–Crippen LogP) is 2.43. The van der Waals surface area contributed by atoms with E-state index < -0.39 is 0 Å². The summed E-state index contributed by atoms with van der Waals surface area (Å²) < 4.78 is 5.65. The van der Waals surface area contributed by atoms with Crippen LogP contribution in [-0.4, -0.2) is 16.4 Å². The van der Waals surface area contributed by atoms with Crippen LogP contribution in [-0.2, 0) is 19.5 Å². The Morgan fingerprint density at radius 1 is 1.37 bits per heavy atom. The van der Waals surface area contributed by atoms with Gasteiger partial charge in [0.1, 0.15) is 5.76 Å². The average Bonchev–Trinajstić information content (AvgIpc) is 2.69. The molecule has 100 valence electrons. The Morgan fingerprint density at radius 2 is 2.21 bits per heavy atom. The van der Waals surface area contributed by atoms with Crippen LogP contribution in [0.1, 0.15) is 28.5 Å². The highest BCUT2D eigenvalue weighted by atomic mass is 16.4. The van der Waals surface area contributed by atoms with E-state index in [2.05, 4.69) is 16.0 Å². The molecule has 0 radical (unpaired) electrons. The van der Waals surface area contributed by atoms with Crippen molar-refractivity contribution in [3.05, 3.63) is 46.7 Å². The molecule has 1 aromatic heterocycles. The number of anilines is 1. The first-order chi connectivity index (χ1) is 9.13. The minimum absolute atomic E-state index is 0.752. The van der Waals surface area contributed by atoms with E-state index >= 15 is 0 Å². The summed E-state index contributed by atoms with van der Waals surface area (Å²) in [6.45, 7) is 6.59. The highest BCUT2D eigenvalue weighted by molar-refractivity contribution is 5.51. The zero-order valence-corrected chi connectivity index (χ0v) is 11.4. The molecule has 2 heterocycles. The summed E-state index contributed by atoms with van der Waals surface area (Å²) >= 11 is 0. The van der Waals surface area contributed by atoms with Crippen LogP contribution in [0.2, 0.25) is 0 Å². The topological polar surface area (TPSA) is 55.3 Å². The third kappa shape index (κ3) is 2.36. The molecule has 0 fully saturated rings. The highest BCUT2D eigenvalue weighted by Crippen LogP contribution is 2.25. The maximum atomic E-state index is 6.06. The van der Waals surface area contributed by atoms with E-state index in [1.165, 1.54) is 11.1 Å². The summed E-state index contributed by atoms with van der Waals surface area (Å²) in [4.78, 5) is 6.78. The Labute approximate surface area is 113 Å². The molecule has 19 heavy (non-hydrogen) atoms. The lowest BCUT2D eigenvalue weighted by atomic mass is 9.98. The summed E-state index contributed by atoms with van der Waals surface area (Å²) in [6.07, 6.45) is 1.04. The number of benzene rings is 1. The molecular weight excluding hydrogens is 238 g/mol. The molecule has 0 amide bonds. The van der Waals surface area contributed by atoms with Gasteiger partial charge in [-0.15, -0.1) is 0 Å². The summed E-state index contributed by atoms with van der Waals surface area (Å²) in [6, 6.07) is 6.18. The average molecular weight is 257 g/mol. The molecule has 0 aliphatic carbocycles. The number of nitrogens with two attached hydrogens (primary N) is 1. The molecule has 0 unspecified atom stereocenters. The van der Waals surface area contributed by atoms with Crippen molar-refractivity contribution in [2.24, 2.45) is 0 Å².